The molecular weight excluding hydrogens is 795 g/mol. The zero-order valence-corrected chi connectivity index (χ0v) is 36.7. The Balaban J connectivity index is 0.711. The summed E-state index contributed by atoms with van der Waals surface area (Å²) in [5.74, 6) is 0.00778. The highest BCUT2D eigenvalue weighted by molar-refractivity contribution is 6.20. The molecule has 5 heterocycles. The third kappa shape index (κ3) is 7.88. The first-order chi connectivity index (χ1) is 30.5. The number of fused-ring (bicyclic) bond motifs is 5. The monoisotopic (exact) mass is 851 g/mol. The van der Waals surface area contributed by atoms with Crippen molar-refractivity contribution in [3.63, 3.8) is 0 Å². The van der Waals surface area contributed by atoms with Crippen LogP contribution in [0.15, 0.2) is 48.5 Å². The zero-order valence-electron chi connectivity index (χ0n) is 36.7. The molecule has 0 bridgehead atoms. The Morgan fingerprint density at radius 1 is 0.905 bits per heavy atom. The van der Waals surface area contributed by atoms with Crippen LogP contribution in [-0.4, -0.2) is 107 Å². The maximum Gasteiger partial charge on any atom is 0.255 e. The van der Waals surface area contributed by atoms with Crippen molar-refractivity contribution in [2.24, 2.45) is 0 Å². The van der Waals surface area contributed by atoms with Crippen LogP contribution in [-0.2, 0) is 32.8 Å². The number of aryl methyl sites for hydroxylation is 1. The number of anilines is 1. The number of nitrogens with one attached hydrogen (secondary N) is 2. The van der Waals surface area contributed by atoms with Crippen molar-refractivity contribution in [1.82, 2.24) is 25.0 Å². The normalized spacial score (nSPS) is 20.1. The number of piperidine rings is 2. The van der Waals surface area contributed by atoms with Crippen LogP contribution in [0, 0.1) is 6.57 Å². The number of imide groups is 1. The van der Waals surface area contributed by atoms with Gasteiger partial charge in [0.05, 0.1) is 25.3 Å². The number of hydrogen-bond acceptors (Lipinski definition) is 8. The number of H-pyrrole nitrogens is 1. The first-order valence-corrected chi connectivity index (χ1v) is 22.9. The summed E-state index contributed by atoms with van der Waals surface area (Å²) in [6, 6.07) is 15.2. The van der Waals surface area contributed by atoms with Gasteiger partial charge in [0.15, 0.2) is 11.5 Å². The van der Waals surface area contributed by atoms with Gasteiger partial charge in [0.1, 0.15) is 11.8 Å². The summed E-state index contributed by atoms with van der Waals surface area (Å²) >= 11 is 0. The van der Waals surface area contributed by atoms with E-state index in [0.29, 0.717) is 42.5 Å². The number of aromatic amines is 1. The lowest BCUT2D eigenvalue weighted by molar-refractivity contribution is -0.137. The van der Waals surface area contributed by atoms with Gasteiger partial charge in [-0.25, -0.2) is 4.85 Å². The average molecular weight is 852 g/mol. The van der Waals surface area contributed by atoms with Crippen LogP contribution in [0.25, 0.3) is 15.7 Å². The third-order valence-electron chi connectivity index (χ3n) is 14.4. The second-order valence-corrected chi connectivity index (χ2v) is 18.4. The van der Waals surface area contributed by atoms with E-state index in [2.05, 4.69) is 57.8 Å². The minimum Gasteiger partial charge on any atom is -0.493 e. The molecule has 2 N–H and O–H groups in total. The van der Waals surface area contributed by atoms with Crippen LogP contribution in [0.3, 0.4) is 0 Å². The van der Waals surface area contributed by atoms with Gasteiger partial charge in [0.2, 0.25) is 17.7 Å². The fourth-order valence-corrected chi connectivity index (χ4v) is 10.7. The van der Waals surface area contributed by atoms with Gasteiger partial charge in [-0.3, -0.25) is 34.2 Å². The molecule has 3 aromatic carbocycles. The number of ketones is 1. The van der Waals surface area contributed by atoms with E-state index in [1.165, 1.54) is 11.3 Å². The van der Waals surface area contributed by atoms with Gasteiger partial charge in [-0.2, -0.15) is 0 Å². The van der Waals surface area contributed by atoms with Crippen LogP contribution in [0.2, 0.25) is 0 Å². The summed E-state index contributed by atoms with van der Waals surface area (Å²) in [5.41, 5.74) is 8.21. The minimum atomic E-state index is -0.655. The number of hydrogen-bond donors (Lipinski definition) is 2. The van der Waals surface area contributed by atoms with Crippen molar-refractivity contribution in [3.05, 3.63) is 99.0 Å². The Labute approximate surface area is 368 Å². The highest BCUT2D eigenvalue weighted by Gasteiger charge is 2.42. The minimum absolute atomic E-state index is 0.0528. The molecule has 4 aliphatic heterocycles. The summed E-state index contributed by atoms with van der Waals surface area (Å²) < 4.78 is 6.12. The van der Waals surface area contributed by atoms with E-state index in [0.717, 1.165) is 123 Å². The number of rotatable bonds is 12. The number of piperazine rings is 1. The van der Waals surface area contributed by atoms with Crippen molar-refractivity contribution >= 4 is 51.7 Å². The van der Waals surface area contributed by atoms with E-state index >= 15 is 0 Å². The molecule has 1 aliphatic carbocycles. The highest BCUT2D eigenvalue weighted by atomic mass is 16.5. The summed E-state index contributed by atoms with van der Waals surface area (Å²) in [6.45, 7) is 20.0. The molecule has 1 atom stereocenters. The maximum atomic E-state index is 14.1. The first kappa shape index (κ1) is 42.3. The lowest BCUT2D eigenvalue weighted by Crippen LogP contribution is -2.54. The molecule has 13 heteroatoms. The Morgan fingerprint density at radius 2 is 1.68 bits per heavy atom. The maximum absolute atomic E-state index is 14.1. The van der Waals surface area contributed by atoms with Crippen molar-refractivity contribution in [2.75, 3.05) is 50.8 Å². The molecule has 0 radical (unpaired) electrons. The molecule has 13 nitrogen and oxygen atoms in total. The Hall–Kier alpha value is -6.00. The molecule has 5 aliphatic rings. The molecule has 4 aromatic rings. The van der Waals surface area contributed by atoms with Crippen LogP contribution in [0.4, 0.5) is 11.4 Å². The summed E-state index contributed by atoms with van der Waals surface area (Å²) in [7, 11) is 0. The Bertz CT molecular complexity index is 2540. The molecule has 0 saturated carbocycles. The molecule has 328 valence electrons. The number of aromatic nitrogens is 1. The predicted octanol–water partition coefficient (Wildman–Crippen LogP) is 7.05. The molecule has 3 saturated heterocycles. The van der Waals surface area contributed by atoms with Gasteiger partial charge in [-0.1, -0.05) is 51.8 Å². The Morgan fingerprint density at radius 3 is 2.43 bits per heavy atom. The van der Waals surface area contributed by atoms with Crippen molar-refractivity contribution in [2.45, 2.75) is 109 Å². The van der Waals surface area contributed by atoms with Crippen LogP contribution in [0.1, 0.15) is 127 Å². The molecule has 1 aromatic heterocycles. The van der Waals surface area contributed by atoms with E-state index < -0.39 is 17.4 Å². The molecule has 0 spiro atoms. The lowest BCUT2D eigenvalue weighted by atomic mass is 9.70. The molecule has 1 unspecified atom stereocenters. The number of ether oxygens (including phenoxy) is 1. The summed E-state index contributed by atoms with van der Waals surface area (Å²) in [4.78, 5) is 80.3. The van der Waals surface area contributed by atoms with E-state index in [1.807, 2.05) is 23.1 Å². The highest BCUT2D eigenvalue weighted by Crippen LogP contribution is 2.46. The second-order valence-electron chi connectivity index (χ2n) is 18.4. The number of unbranched alkanes of at least 4 members (excludes halogenated alkanes) is 3. The van der Waals surface area contributed by atoms with E-state index in [9.17, 15) is 24.0 Å². The number of nitrogens with zero attached hydrogens (tertiary/aromatic N) is 5. The number of carbonyl (C=O) groups is 5. The zero-order chi connectivity index (χ0) is 44.0. The number of amides is 4. The fourth-order valence-electron chi connectivity index (χ4n) is 10.7. The van der Waals surface area contributed by atoms with Crippen LogP contribution < -0.4 is 15.0 Å². The lowest BCUT2D eigenvalue weighted by Gasteiger charge is -2.44. The fraction of sp³-hybridized carbons (Fsp3) is 0.480. The molecular formula is C50H57N7O6. The quantitative estimate of drug-likeness (QED) is 0.0879. The smallest absolute Gasteiger partial charge is 0.255 e. The summed E-state index contributed by atoms with van der Waals surface area (Å²) in [5, 5.41) is 3.23. The van der Waals surface area contributed by atoms with Crippen LogP contribution >= 0.6 is 0 Å². The van der Waals surface area contributed by atoms with Crippen LogP contribution in [0.5, 0.6) is 5.75 Å². The third-order valence-corrected chi connectivity index (χ3v) is 14.4. The van der Waals surface area contributed by atoms with Crippen molar-refractivity contribution in [1.29, 1.82) is 0 Å². The van der Waals surface area contributed by atoms with E-state index in [4.69, 9.17) is 11.3 Å². The molecule has 63 heavy (non-hydrogen) atoms. The van der Waals surface area contributed by atoms with E-state index in [-0.39, 0.29) is 36.5 Å². The molecule has 4 amide bonds. The topological polar surface area (TPSA) is 140 Å². The predicted molar refractivity (Wildman–Crippen MR) is 240 cm³/mol. The molecule has 9 rings (SSSR count). The van der Waals surface area contributed by atoms with Crippen molar-refractivity contribution < 1.29 is 28.7 Å². The number of benzene rings is 3. The van der Waals surface area contributed by atoms with Gasteiger partial charge < -0.3 is 24.4 Å². The standard InChI is InChI=1S/C50H57N7O6/c1-5-31-27-36-38(50(2,3)47-45(46(36)60)35-15-14-32(51-4)28-39(35)52-47)29-41(31)55-20-18-33(19-21-55)54-22-24-56(25-23-54)44(59)13-8-6-7-9-26-63-42-12-10-11-34-37(42)30-57(49(34)62)40-16-17-43(58)53-48(40)61/h10-12,14-15,27-29,33,40,52H,5-9,13,16-26,30H2,1-3H3,(H,53,58,61). The number of carbonyl (C=O) groups excluding carboxylic acids is 5. The summed E-state index contributed by atoms with van der Waals surface area (Å²) in [6.07, 6.45) is 7.61. The van der Waals surface area contributed by atoms with Gasteiger partial charge >= 0.3 is 0 Å². The van der Waals surface area contributed by atoms with Gasteiger partial charge in [0.25, 0.3) is 5.91 Å². The average Bonchev–Trinajstić information content (AvgIpc) is 3.86. The molecule has 3 fully saturated rings. The Kier molecular flexibility index (Phi) is 11.6. The van der Waals surface area contributed by atoms with Gasteiger partial charge in [-0.15, -0.1) is 0 Å². The van der Waals surface area contributed by atoms with E-state index in [1.54, 1.807) is 23.1 Å². The first-order valence-electron chi connectivity index (χ1n) is 22.9. The van der Waals surface area contributed by atoms with Gasteiger partial charge in [-0.05, 0) is 80.0 Å². The second kappa shape index (κ2) is 17.3. The SMILES string of the molecule is [C-]#[N+]c1ccc2c3c([nH]c2c1)C(C)(C)c1cc(N2CCC(N4CCN(C(=O)CCCCCCOc5cccc6c5CN(C5CCC(=O)NC5=O)C6=O)CC4)CC2)c(CC)cc1C3=O. The van der Waals surface area contributed by atoms with Gasteiger partial charge in [0, 0.05) is 103 Å². The van der Waals surface area contributed by atoms with Crippen molar-refractivity contribution in [3.8, 4) is 5.75 Å². The largest absolute Gasteiger partial charge is 0.493 e.